The zero-order valence-electron chi connectivity index (χ0n) is 6.68. The Hall–Kier alpha value is -0.730. The van der Waals surface area contributed by atoms with Gasteiger partial charge in [-0.05, 0) is 30.2 Å². The van der Waals surface area contributed by atoms with Gasteiger partial charge in [0.1, 0.15) is 0 Å². The van der Waals surface area contributed by atoms with E-state index in [0.29, 0.717) is 12.6 Å². The Bertz CT molecular complexity index is 299. The van der Waals surface area contributed by atoms with Crippen molar-refractivity contribution in [1.29, 1.82) is 0 Å². The van der Waals surface area contributed by atoms with Gasteiger partial charge in [0.05, 0.1) is 0 Å². The van der Waals surface area contributed by atoms with Crippen molar-refractivity contribution in [1.82, 2.24) is 0 Å². The lowest BCUT2D eigenvalue weighted by Gasteiger charge is -2.05. The second kappa shape index (κ2) is 2.96. The van der Waals surface area contributed by atoms with Crippen LogP contribution >= 0.6 is 11.6 Å². The van der Waals surface area contributed by atoms with E-state index >= 15 is 0 Å². The van der Waals surface area contributed by atoms with Crippen molar-refractivity contribution in [2.45, 2.75) is 12.5 Å². The van der Waals surface area contributed by atoms with Crippen molar-refractivity contribution in [3.8, 4) is 0 Å². The van der Waals surface area contributed by atoms with Crippen LogP contribution in [0.15, 0.2) is 18.2 Å². The van der Waals surface area contributed by atoms with Crippen LogP contribution in [0.3, 0.4) is 0 Å². The van der Waals surface area contributed by atoms with Crippen LogP contribution in [0.1, 0.15) is 5.56 Å². The maximum atomic E-state index is 5.86. The molecule has 1 atom stereocenters. The van der Waals surface area contributed by atoms with E-state index in [1.165, 1.54) is 11.3 Å². The van der Waals surface area contributed by atoms with Gasteiger partial charge in [0.25, 0.3) is 0 Å². The van der Waals surface area contributed by atoms with Crippen LogP contribution < -0.4 is 11.1 Å². The molecule has 3 heteroatoms. The molecule has 2 rings (SSSR count). The highest BCUT2D eigenvalue weighted by molar-refractivity contribution is 6.30. The molecule has 2 nitrogen and oxygen atoms in total. The van der Waals surface area contributed by atoms with E-state index in [2.05, 4.69) is 5.32 Å². The largest absolute Gasteiger partial charge is 0.380 e. The molecule has 3 N–H and O–H groups in total. The van der Waals surface area contributed by atoms with Gasteiger partial charge in [-0.1, -0.05) is 11.6 Å². The first-order chi connectivity index (χ1) is 5.79. The lowest BCUT2D eigenvalue weighted by atomic mass is 10.1. The fourth-order valence-corrected chi connectivity index (χ4v) is 1.75. The maximum absolute atomic E-state index is 5.86. The molecular formula is C9H11ClN2. The Kier molecular flexibility index (Phi) is 1.95. The van der Waals surface area contributed by atoms with Gasteiger partial charge >= 0.3 is 0 Å². The summed E-state index contributed by atoms with van der Waals surface area (Å²) < 4.78 is 0. The molecule has 1 heterocycles. The predicted molar refractivity (Wildman–Crippen MR) is 51.6 cm³/mol. The van der Waals surface area contributed by atoms with Crippen molar-refractivity contribution >= 4 is 17.3 Å². The topological polar surface area (TPSA) is 38.0 Å². The van der Waals surface area contributed by atoms with Crippen LogP contribution in [-0.2, 0) is 6.42 Å². The average molecular weight is 183 g/mol. The van der Waals surface area contributed by atoms with Crippen LogP contribution in [0.5, 0.6) is 0 Å². The number of halogens is 1. The third kappa shape index (κ3) is 1.28. The first-order valence-electron chi connectivity index (χ1n) is 4.04. The quantitative estimate of drug-likeness (QED) is 0.693. The molecule has 12 heavy (non-hydrogen) atoms. The molecule has 1 unspecified atom stereocenters. The summed E-state index contributed by atoms with van der Waals surface area (Å²) in [6.07, 6.45) is 0.992. The van der Waals surface area contributed by atoms with E-state index in [4.69, 9.17) is 17.3 Å². The number of fused-ring (bicyclic) bond motifs is 1. The van der Waals surface area contributed by atoms with Crippen LogP contribution in [0.4, 0.5) is 5.69 Å². The summed E-state index contributed by atoms with van der Waals surface area (Å²) in [6, 6.07) is 6.29. The van der Waals surface area contributed by atoms with Crippen LogP contribution in [0, 0.1) is 0 Å². The molecule has 0 spiro atoms. The number of hydrogen-bond donors (Lipinski definition) is 2. The zero-order valence-corrected chi connectivity index (χ0v) is 7.43. The van der Waals surface area contributed by atoms with E-state index in [1.54, 1.807) is 0 Å². The Balaban J connectivity index is 2.30. The fourth-order valence-electron chi connectivity index (χ4n) is 1.55. The minimum Gasteiger partial charge on any atom is -0.380 e. The number of anilines is 1. The van der Waals surface area contributed by atoms with E-state index < -0.39 is 0 Å². The molecule has 64 valence electrons. The lowest BCUT2D eigenvalue weighted by Crippen LogP contribution is -2.25. The van der Waals surface area contributed by atoms with Gasteiger partial charge in [-0.2, -0.15) is 0 Å². The second-order valence-electron chi connectivity index (χ2n) is 3.08. The van der Waals surface area contributed by atoms with Crippen molar-refractivity contribution in [2.24, 2.45) is 5.73 Å². The molecule has 1 aliphatic rings. The number of hydrogen-bond acceptors (Lipinski definition) is 2. The van der Waals surface area contributed by atoms with Crippen LogP contribution in [0.2, 0.25) is 5.02 Å². The number of benzene rings is 1. The van der Waals surface area contributed by atoms with Gasteiger partial charge in [0.2, 0.25) is 0 Å². The highest BCUT2D eigenvalue weighted by Crippen LogP contribution is 2.27. The van der Waals surface area contributed by atoms with E-state index in [0.717, 1.165) is 11.4 Å². The van der Waals surface area contributed by atoms with Crippen molar-refractivity contribution < 1.29 is 0 Å². The Morgan fingerprint density at radius 3 is 3.17 bits per heavy atom. The summed E-state index contributed by atoms with van der Waals surface area (Å²) in [5, 5.41) is 4.13. The third-order valence-corrected chi connectivity index (χ3v) is 2.41. The molecule has 1 aromatic rings. The average Bonchev–Trinajstić information content (AvgIpc) is 2.46. The number of nitrogens with one attached hydrogen (secondary N) is 1. The van der Waals surface area contributed by atoms with E-state index in [9.17, 15) is 0 Å². The standard InChI is InChI=1S/C9H11ClN2/c10-7-1-2-9-6(3-7)4-8(5-11)12-9/h1-3,8,12H,4-5,11H2. The summed E-state index contributed by atoms with van der Waals surface area (Å²) in [7, 11) is 0. The normalized spacial score (nSPS) is 20.3. The molecule has 0 bridgehead atoms. The van der Waals surface area contributed by atoms with Gasteiger partial charge in [0.15, 0.2) is 0 Å². The highest BCUT2D eigenvalue weighted by Gasteiger charge is 2.18. The molecule has 0 saturated carbocycles. The Morgan fingerprint density at radius 1 is 1.58 bits per heavy atom. The summed E-state index contributed by atoms with van der Waals surface area (Å²) in [5.74, 6) is 0. The minimum absolute atomic E-state index is 0.387. The van der Waals surface area contributed by atoms with Crippen LogP contribution in [0.25, 0.3) is 0 Å². The Morgan fingerprint density at radius 2 is 2.42 bits per heavy atom. The molecule has 0 saturated heterocycles. The van der Waals surface area contributed by atoms with Crippen molar-refractivity contribution in [2.75, 3.05) is 11.9 Å². The third-order valence-electron chi connectivity index (χ3n) is 2.18. The summed E-state index contributed by atoms with van der Waals surface area (Å²) in [4.78, 5) is 0. The zero-order chi connectivity index (χ0) is 8.55. The molecule has 0 aliphatic carbocycles. The molecule has 1 aliphatic heterocycles. The first-order valence-corrected chi connectivity index (χ1v) is 4.42. The van der Waals surface area contributed by atoms with Crippen molar-refractivity contribution in [3.63, 3.8) is 0 Å². The minimum atomic E-state index is 0.387. The predicted octanol–water partition coefficient (Wildman–Crippen LogP) is 1.64. The molecule has 1 aromatic carbocycles. The fraction of sp³-hybridized carbons (Fsp3) is 0.333. The van der Waals surface area contributed by atoms with Gasteiger partial charge in [0, 0.05) is 23.3 Å². The number of rotatable bonds is 1. The summed E-state index contributed by atoms with van der Waals surface area (Å²) in [6.45, 7) is 0.673. The van der Waals surface area contributed by atoms with Gasteiger partial charge in [-0.3, -0.25) is 0 Å². The first kappa shape index (κ1) is 7.90. The second-order valence-corrected chi connectivity index (χ2v) is 3.52. The molecular weight excluding hydrogens is 172 g/mol. The highest BCUT2D eigenvalue weighted by atomic mass is 35.5. The maximum Gasteiger partial charge on any atom is 0.0424 e. The molecule has 0 radical (unpaired) electrons. The molecule has 0 aromatic heterocycles. The summed E-state index contributed by atoms with van der Waals surface area (Å²) in [5.41, 5.74) is 8.01. The Labute approximate surface area is 76.7 Å². The van der Waals surface area contributed by atoms with Gasteiger partial charge in [-0.25, -0.2) is 0 Å². The van der Waals surface area contributed by atoms with Crippen LogP contribution in [-0.4, -0.2) is 12.6 Å². The van der Waals surface area contributed by atoms with E-state index in [-0.39, 0.29) is 0 Å². The molecule has 0 fully saturated rings. The summed E-state index contributed by atoms with van der Waals surface area (Å²) >= 11 is 5.86. The SMILES string of the molecule is NCC1Cc2cc(Cl)ccc2N1. The van der Waals surface area contributed by atoms with E-state index in [1.807, 2.05) is 18.2 Å². The number of nitrogens with two attached hydrogens (primary N) is 1. The monoisotopic (exact) mass is 182 g/mol. The smallest absolute Gasteiger partial charge is 0.0424 e. The van der Waals surface area contributed by atoms with Crippen molar-refractivity contribution in [3.05, 3.63) is 28.8 Å². The lowest BCUT2D eigenvalue weighted by molar-refractivity contribution is 0.760. The van der Waals surface area contributed by atoms with Gasteiger partial charge in [-0.15, -0.1) is 0 Å². The molecule has 0 amide bonds. The van der Waals surface area contributed by atoms with Gasteiger partial charge < -0.3 is 11.1 Å².